The maximum absolute atomic E-state index is 12.6. The molecule has 0 amide bonds. The van der Waals surface area contributed by atoms with Crippen molar-refractivity contribution in [3.05, 3.63) is 36.5 Å². The van der Waals surface area contributed by atoms with Gasteiger partial charge in [-0.2, -0.15) is 0 Å². The SMILES string of the molecule is CCCCC/C=C\C/C=C\C/C=C\CCCCCCC(=O)O[C@H](COC(=O)CCCCCCCCCCCC)COP(=O)([O-])OCC[N+](C)(C)C. The molecule has 0 aliphatic rings. The minimum absolute atomic E-state index is 0.0352. The molecule has 1 unspecified atom stereocenters. The lowest BCUT2D eigenvalue weighted by Gasteiger charge is -2.28. The van der Waals surface area contributed by atoms with E-state index in [0.29, 0.717) is 17.4 Å². The fraction of sp³-hybridized carbons (Fsp3) is 0.805. The minimum Gasteiger partial charge on any atom is -0.756 e. The van der Waals surface area contributed by atoms with E-state index in [4.69, 9.17) is 18.5 Å². The molecule has 9 nitrogen and oxygen atoms in total. The van der Waals surface area contributed by atoms with E-state index in [1.165, 1.54) is 70.6 Å². The Kier molecular flexibility index (Phi) is 32.8. The molecular formula is C41H76NO8P. The van der Waals surface area contributed by atoms with Crippen molar-refractivity contribution in [2.45, 2.75) is 168 Å². The summed E-state index contributed by atoms with van der Waals surface area (Å²) < 4.78 is 33.7. The summed E-state index contributed by atoms with van der Waals surface area (Å²) in [4.78, 5) is 37.3. The van der Waals surface area contributed by atoms with Crippen LogP contribution >= 0.6 is 7.82 Å². The number of nitrogens with zero attached hydrogens (tertiary/aromatic N) is 1. The maximum Gasteiger partial charge on any atom is 0.306 e. The Balaban J connectivity index is 4.44. The van der Waals surface area contributed by atoms with Crippen molar-refractivity contribution < 1.29 is 42.1 Å². The predicted octanol–water partition coefficient (Wildman–Crippen LogP) is 10.3. The van der Waals surface area contributed by atoms with Crippen LogP contribution in [-0.2, 0) is 32.7 Å². The number of likely N-dealkylation sites (N-methyl/N-ethyl adjacent to an activating group) is 1. The van der Waals surface area contributed by atoms with E-state index in [0.717, 1.165) is 57.8 Å². The summed E-state index contributed by atoms with van der Waals surface area (Å²) in [7, 11) is 1.15. The number of allylic oxidation sites excluding steroid dienone is 6. The van der Waals surface area contributed by atoms with Crippen LogP contribution in [0.4, 0.5) is 0 Å². The van der Waals surface area contributed by atoms with E-state index in [2.05, 4.69) is 50.3 Å². The number of hydrogen-bond acceptors (Lipinski definition) is 8. The lowest BCUT2D eigenvalue weighted by Crippen LogP contribution is -2.37. The van der Waals surface area contributed by atoms with Gasteiger partial charge in [-0.15, -0.1) is 0 Å². The summed E-state index contributed by atoms with van der Waals surface area (Å²) in [5.74, 6) is -0.862. The smallest absolute Gasteiger partial charge is 0.306 e. The van der Waals surface area contributed by atoms with Gasteiger partial charge in [-0.1, -0.05) is 134 Å². The van der Waals surface area contributed by atoms with Crippen LogP contribution in [0.15, 0.2) is 36.5 Å². The largest absolute Gasteiger partial charge is 0.756 e. The number of phosphoric ester groups is 1. The zero-order valence-electron chi connectivity index (χ0n) is 33.3. The summed E-state index contributed by atoms with van der Waals surface area (Å²) >= 11 is 0. The molecule has 0 saturated heterocycles. The van der Waals surface area contributed by atoms with Crippen molar-refractivity contribution in [2.24, 2.45) is 0 Å². The highest BCUT2D eigenvalue weighted by molar-refractivity contribution is 7.45. The molecule has 0 aliphatic carbocycles. The fourth-order valence-corrected chi connectivity index (χ4v) is 5.92. The number of quaternary nitrogens is 1. The van der Waals surface area contributed by atoms with Crippen LogP contribution in [0.3, 0.4) is 0 Å². The molecule has 0 N–H and O–H groups in total. The summed E-state index contributed by atoms with van der Waals surface area (Å²) in [6.07, 6.45) is 36.0. The topological polar surface area (TPSA) is 111 Å². The molecule has 298 valence electrons. The van der Waals surface area contributed by atoms with E-state index in [-0.39, 0.29) is 26.1 Å². The third kappa shape index (κ3) is 37.8. The monoisotopic (exact) mass is 742 g/mol. The first-order valence-electron chi connectivity index (χ1n) is 20.2. The summed E-state index contributed by atoms with van der Waals surface area (Å²) in [6.45, 7) is 4.14. The van der Waals surface area contributed by atoms with Gasteiger partial charge in [-0.05, 0) is 51.4 Å². The van der Waals surface area contributed by atoms with E-state index >= 15 is 0 Å². The highest BCUT2D eigenvalue weighted by Gasteiger charge is 2.21. The Morgan fingerprint density at radius 3 is 1.61 bits per heavy atom. The number of esters is 2. The van der Waals surface area contributed by atoms with E-state index in [9.17, 15) is 19.0 Å². The first-order valence-corrected chi connectivity index (χ1v) is 21.7. The van der Waals surface area contributed by atoms with Gasteiger partial charge in [0.1, 0.15) is 19.8 Å². The van der Waals surface area contributed by atoms with Gasteiger partial charge in [0, 0.05) is 12.8 Å². The Bertz CT molecular complexity index is 975. The van der Waals surface area contributed by atoms with Gasteiger partial charge in [-0.3, -0.25) is 14.2 Å². The molecule has 0 aromatic heterocycles. The summed E-state index contributed by atoms with van der Waals surface area (Å²) in [5.41, 5.74) is 0. The number of rotatable bonds is 36. The number of carbonyl (C=O) groups excluding carboxylic acids is 2. The third-order valence-corrected chi connectivity index (χ3v) is 9.38. The predicted molar refractivity (Wildman–Crippen MR) is 208 cm³/mol. The number of phosphoric acid groups is 1. The average Bonchev–Trinajstić information content (AvgIpc) is 3.07. The quantitative estimate of drug-likeness (QED) is 0.0205. The third-order valence-electron chi connectivity index (χ3n) is 8.41. The molecule has 0 aliphatic heterocycles. The van der Waals surface area contributed by atoms with Crippen LogP contribution in [0.25, 0.3) is 0 Å². The zero-order chi connectivity index (χ0) is 37.9. The first kappa shape index (κ1) is 49.2. The molecular weight excluding hydrogens is 665 g/mol. The molecule has 0 aromatic carbocycles. The van der Waals surface area contributed by atoms with Gasteiger partial charge >= 0.3 is 11.9 Å². The Morgan fingerprint density at radius 1 is 0.608 bits per heavy atom. The molecule has 0 aromatic rings. The molecule has 2 atom stereocenters. The van der Waals surface area contributed by atoms with Crippen molar-refractivity contribution in [1.29, 1.82) is 0 Å². The zero-order valence-corrected chi connectivity index (χ0v) is 34.2. The van der Waals surface area contributed by atoms with Gasteiger partial charge < -0.3 is 27.9 Å². The lowest BCUT2D eigenvalue weighted by molar-refractivity contribution is -0.870. The van der Waals surface area contributed by atoms with Crippen molar-refractivity contribution in [2.75, 3.05) is 47.5 Å². The highest BCUT2D eigenvalue weighted by atomic mass is 31.2. The van der Waals surface area contributed by atoms with Crippen molar-refractivity contribution in [3.8, 4) is 0 Å². The van der Waals surface area contributed by atoms with Gasteiger partial charge in [0.25, 0.3) is 7.82 Å². The van der Waals surface area contributed by atoms with Crippen molar-refractivity contribution in [3.63, 3.8) is 0 Å². The number of ether oxygens (including phenoxy) is 2. The van der Waals surface area contributed by atoms with Crippen LogP contribution in [0.1, 0.15) is 162 Å². The van der Waals surface area contributed by atoms with Gasteiger partial charge in [0.15, 0.2) is 6.10 Å². The van der Waals surface area contributed by atoms with Crippen LogP contribution in [-0.4, -0.2) is 70.0 Å². The average molecular weight is 742 g/mol. The Labute approximate surface area is 312 Å². The Hall–Kier alpha value is -1.77. The van der Waals surface area contributed by atoms with Crippen LogP contribution in [0.5, 0.6) is 0 Å². The number of carbonyl (C=O) groups is 2. The standard InChI is InChI=1S/C41H76NO8P/c1-6-8-10-12-14-16-18-19-20-21-22-23-24-26-28-30-32-34-41(44)50-39(38-49-51(45,46)48-36-35-42(3,4)5)37-47-40(43)33-31-29-27-25-17-15-13-11-9-7-2/h14,16,19-20,22-23,39H,6-13,15,17-18,21,24-38H2,1-5H3/b16-14-,20-19-,23-22-/t39-/m1/s1. The molecule has 0 rings (SSSR count). The second kappa shape index (κ2) is 34.0. The number of unbranched alkanes of at least 4 members (excludes halogenated alkanes) is 16. The maximum atomic E-state index is 12.6. The molecule has 0 radical (unpaired) electrons. The van der Waals surface area contributed by atoms with E-state index in [1.54, 1.807) is 0 Å². The normalized spacial score (nSPS) is 14.1. The molecule has 51 heavy (non-hydrogen) atoms. The van der Waals surface area contributed by atoms with Crippen LogP contribution in [0, 0.1) is 0 Å². The highest BCUT2D eigenvalue weighted by Crippen LogP contribution is 2.38. The number of hydrogen-bond donors (Lipinski definition) is 0. The van der Waals surface area contributed by atoms with Crippen LogP contribution < -0.4 is 4.89 Å². The fourth-order valence-electron chi connectivity index (χ4n) is 5.19. The van der Waals surface area contributed by atoms with Gasteiger partial charge in [0.05, 0.1) is 27.7 Å². The van der Waals surface area contributed by atoms with Gasteiger partial charge in [0.2, 0.25) is 0 Å². The second-order valence-electron chi connectivity index (χ2n) is 14.7. The molecule has 0 heterocycles. The second-order valence-corrected chi connectivity index (χ2v) is 16.1. The van der Waals surface area contributed by atoms with Crippen molar-refractivity contribution >= 4 is 19.8 Å². The van der Waals surface area contributed by atoms with Crippen molar-refractivity contribution in [1.82, 2.24) is 0 Å². The molecule has 0 bridgehead atoms. The molecule has 0 saturated carbocycles. The first-order chi connectivity index (χ1) is 24.5. The summed E-state index contributed by atoms with van der Waals surface area (Å²) in [5, 5.41) is 0. The van der Waals surface area contributed by atoms with Gasteiger partial charge in [-0.25, -0.2) is 0 Å². The summed E-state index contributed by atoms with van der Waals surface area (Å²) in [6, 6.07) is 0. The van der Waals surface area contributed by atoms with E-state index < -0.39 is 32.5 Å². The minimum atomic E-state index is -4.62. The Morgan fingerprint density at radius 2 is 1.06 bits per heavy atom. The lowest BCUT2D eigenvalue weighted by atomic mass is 10.1. The van der Waals surface area contributed by atoms with Crippen LogP contribution in [0.2, 0.25) is 0 Å². The van der Waals surface area contributed by atoms with E-state index in [1.807, 2.05) is 21.1 Å². The molecule has 10 heteroatoms. The molecule has 0 spiro atoms. The molecule has 0 fully saturated rings.